The Labute approximate surface area is 142 Å². The van der Waals surface area contributed by atoms with Crippen LogP contribution >= 0.6 is 0 Å². The highest BCUT2D eigenvalue weighted by atomic mass is 19.1. The molecule has 9 heteroatoms. The number of likely N-dealkylation sites (N-methyl/N-ethyl adjacent to an activating group) is 1. The molecule has 0 unspecified atom stereocenters. The number of nitrogens with zero attached hydrogens (tertiary/aromatic N) is 3. The zero-order chi connectivity index (χ0) is 18.3. The minimum atomic E-state index is -1.46. The Morgan fingerprint density at radius 2 is 1.88 bits per heavy atom. The molecule has 0 spiro atoms. The van der Waals surface area contributed by atoms with Crippen LogP contribution in [0.5, 0.6) is 5.75 Å². The van der Waals surface area contributed by atoms with Crippen LogP contribution in [0.4, 0.5) is 10.1 Å². The van der Waals surface area contributed by atoms with Crippen LogP contribution in [-0.2, 0) is 0 Å². The van der Waals surface area contributed by atoms with Crippen LogP contribution in [0.1, 0.15) is 10.5 Å². The van der Waals surface area contributed by atoms with Gasteiger partial charge < -0.3 is 25.4 Å². The molecule has 0 saturated carbocycles. The molecule has 1 aliphatic heterocycles. The molecule has 1 fully saturated rings. The van der Waals surface area contributed by atoms with E-state index >= 15 is 0 Å². The number of rotatable bonds is 3. The van der Waals surface area contributed by atoms with Gasteiger partial charge in [-0.15, -0.1) is 0 Å². The Hall–Kier alpha value is -2.81. The van der Waals surface area contributed by atoms with E-state index in [0.717, 1.165) is 23.8 Å². The third kappa shape index (κ3) is 2.76. The normalized spacial score (nSPS) is 15.6. The summed E-state index contributed by atoms with van der Waals surface area (Å²) in [4.78, 5) is 27.7. The van der Waals surface area contributed by atoms with Crippen LogP contribution in [0.2, 0.25) is 0 Å². The second-order valence-electron chi connectivity index (χ2n) is 6.00. The topological polar surface area (TPSA) is 98.0 Å². The first kappa shape index (κ1) is 17.0. The monoisotopic (exact) mass is 350 g/mol. The van der Waals surface area contributed by atoms with Crippen molar-refractivity contribution in [3.8, 4) is 5.75 Å². The Balaban J connectivity index is 2.26. The summed E-state index contributed by atoms with van der Waals surface area (Å²) in [7, 11) is 3.43. The number of aromatic nitrogens is 1. The number of carboxylic acid groups (broad SMARTS) is 1. The van der Waals surface area contributed by atoms with E-state index in [0.29, 0.717) is 18.8 Å². The number of fused-ring (bicyclic) bond motifs is 1. The number of piperazine rings is 1. The van der Waals surface area contributed by atoms with Gasteiger partial charge in [0.05, 0.1) is 16.6 Å². The Kier molecular flexibility index (Phi) is 4.25. The highest BCUT2D eigenvalue weighted by Crippen LogP contribution is 2.28. The van der Waals surface area contributed by atoms with Crippen molar-refractivity contribution in [2.75, 3.05) is 50.6 Å². The highest BCUT2D eigenvalue weighted by Gasteiger charge is 2.24. The maximum atomic E-state index is 14.6. The molecule has 0 bridgehead atoms. The number of anilines is 1. The fourth-order valence-electron chi connectivity index (χ4n) is 3.10. The fraction of sp³-hybridized carbons (Fsp3) is 0.375. The van der Waals surface area contributed by atoms with Gasteiger partial charge in [0.1, 0.15) is 5.82 Å². The molecule has 0 radical (unpaired) electrons. The predicted octanol–water partition coefficient (Wildman–Crippen LogP) is 0.470. The SMILES string of the molecule is CNn1c(C(=O)O)c(O)c(=O)c2cc(F)c(N3CCN(C)CC3)cc21. The molecule has 1 aromatic heterocycles. The second kappa shape index (κ2) is 6.25. The summed E-state index contributed by atoms with van der Waals surface area (Å²) in [6, 6.07) is 2.49. The first-order chi connectivity index (χ1) is 11.8. The van der Waals surface area contributed by atoms with Gasteiger partial charge in [-0.3, -0.25) is 4.79 Å². The average molecular weight is 350 g/mol. The van der Waals surface area contributed by atoms with Crippen molar-refractivity contribution in [3.05, 3.63) is 33.9 Å². The Morgan fingerprint density at radius 3 is 2.44 bits per heavy atom. The first-order valence-corrected chi connectivity index (χ1v) is 7.81. The molecule has 0 atom stereocenters. The molecule has 1 aliphatic rings. The van der Waals surface area contributed by atoms with Crippen LogP contribution in [-0.4, -0.2) is 66.0 Å². The minimum Gasteiger partial charge on any atom is -0.502 e. The van der Waals surface area contributed by atoms with E-state index in [-0.39, 0.29) is 10.9 Å². The predicted molar refractivity (Wildman–Crippen MR) is 91.8 cm³/mol. The standard InChI is InChI=1S/C16H19FN4O4/c1-18-21-11-8-12(20-5-3-19(2)4-6-20)10(17)7-9(11)14(22)15(23)13(21)16(24)25/h7-8,18,23H,3-6H2,1-2H3,(H,24,25). The van der Waals surface area contributed by atoms with Crippen molar-refractivity contribution in [1.29, 1.82) is 0 Å². The molecule has 3 N–H and O–H groups in total. The molecule has 25 heavy (non-hydrogen) atoms. The van der Waals surface area contributed by atoms with Crippen LogP contribution in [0.15, 0.2) is 16.9 Å². The van der Waals surface area contributed by atoms with Gasteiger partial charge in [-0.05, 0) is 19.2 Å². The number of pyridine rings is 1. The maximum Gasteiger partial charge on any atom is 0.358 e. The largest absolute Gasteiger partial charge is 0.502 e. The quantitative estimate of drug-likeness (QED) is 0.740. The van der Waals surface area contributed by atoms with Gasteiger partial charge in [-0.1, -0.05) is 0 Å². The molecule has 3 rings (SSSR count). The number of halogens is 1. The number of aromatic hydroxyl groups is 1. The lowest BCUT2D eigenvalue weighted by atomic mass is 10.1. The molecule has 1 aromatic carbocycles. The first-order valence-electron chi connectivity index (χ1n) is 7.81. The average Bonchev–Trinajstić information content (AvgIpc) is 2.58. The van der Waals surface area contributed by atoms with E-state index in [1.54, 1.807) is 0 Å². The van der Waals surface area contributed by atoms with Gasteiger partial charge in [0.25, 0.3) is 0 Å². The molecule has 2 heterocycles. The number of carbonyl (C=O) groups is 1. The number of aromatic carboxylic acids is 1. The molecule has 2 aromatic rings. The van der Waals surface area contributed by atoms with Crippen molar-refractivity contribution >= 4 is 22.6 Å². The van der Waals surface area contributed by atoms with Crippen molar-refractivity contribution < 1.29 is 19.4 Å². The van der Waals surface area contributed by atoms with Crippen molar-refractivity contribution in [2.24, 2.45) is 0 Å². The molecule has 0 amide bonds. The van der Waals surface area contributed by atoms with Crippen LogP contribution in [0, 0.1) is 5.82 Å². The van der Waals surface area contributed by atoms with Crippen LogP contribution < -0.4 is 15.8 Å². The molecular weight excluding hydrogens is 331 g/mol. The second-order valence-corrected chi connectivity index (χ2v) is 6.00. The summed E-state index contributed by atoms with van der Waals surface area (Å²) in [5.74, 6) is -2.98. The number of hydrogen-bond acceptors (Lipinski definition) is 6. The van der Waals surface area contributed by atoms with Gasteiger partial charge in [0.15, 0.2) is 11.4 Å². The van der Waals surface area contributed by atoms with Gasteiger partial charge in [0.2, 0.25) is 5.43 Å². The number of carboxylic acids is 1. The van der Waals surface area contributed by atoms with E-state index in [1.807, 2.05) is 11.9 Å². The van der Waals surface area contributed by atoms with Gasteiger partial charge in [-0.2, -0.15) is 0 Å². The van der Waals surface area contributed by atoms with E-state index in [9.17, 15) is 24.2 Å². The zero-order valence-electron chi connectivity index (χ0n) is 13.9. The Bertz CT molecular complexity index is 903. The summed E-state index contributed by atoms with van der Waals surface area (Å²) in [6.45, 7) is 2.78. The molecule has 0 aliphatic carbocycles. The fourth-order valence-corrected chi connectivity index (χ4v) is 3.10. The third-order valence-corrected chi connectivity index (χ3v) is 4.48. The van der Waals surface area contributed by atoms with Crippen LogP contribution in [0.25, 0.3) is 10.9 Å². The zero-order valence-corrected chi connectivity index (χ0v) is 13.9. The molecular formula is C16H19FN4O4. The minimum absolute atomic E-state index is 0.0905. The lowest BCUT2D eigenvalue weighted by molar-refractivity contribution is 0.0682. The lowest BCUT2D eigenvalue weighted by Crippen LogP contribution is -2.44. The van der Waals surface area contributed by atoms with E-state index < -0.39 is 28.7 Å². The summed E-state index contributed by atoms with van der Waals surface area (Å²) < 4.78 is 15.7. The number of nitrogens with one attached hydrogen (secondary N) is 1. The lowest BCUT2D eigenvalue weighted by Gasteiger charge is -2.34. The summed E-state index contributed by atoms with van der Waals surface area (Å²) in [6.07, 6.45) is 0. The molecule has 134 valence electrons. The summed E-state index contributed by atoms with van der Waals surface area (Å²) >= 11 is 0. The van der Waals surface area contributed by atoms with Crippen molar-refractivity contribution in [1.82, 2.24) is 9.58 Å². The van der Waals surface area contributed by atoms with Gasteiger partial charge in [-0.25, -0.2) is 13.9 Å². The van der Waals surface area contributed by atoms with Gasteiger partial charge in [0, 0.05) is 33.2 Å². The number of hydrogen-bond donors (Lipinski definition) is 3. The molecule has 8 nitrogen and oxygen atoms in total. The summed E-state index contributed by atoms with van der Waals surface area (Å²) in [5, 5.41) is 19.1. The maximum absolute atomic E-state index is 14.6. The van der Waals surface area contributed by atoms with Gasteiger partial charge >= 0.3 is 5.97 Å². The summed E-state index contributed by atoms with van der Waals surface area (Å²) in [5.41, 5.74) is 1.62. The smallest absolute Gasteiger partial charge is 0.358 e. The number of benzene rings is 1. The van der Waals surface area contributed by atoms with Crippen molar-refractivity contribution in [3.63, 3.8) is 0 Å². The Morgan fingerprint density at radius 1 is 1.24 bits per heavy atom. The molecule has 1 saturated heterocycles. The van der Waals surface area contributed by atoms with E-state index in [2.05, 4.69) is 10.3 Å². The van der Waals surface area contributed by atoms with Crippen LogP contribution in [0.3, 0.4) is 0 Å². The highest BCUT2D eigenvalue weighted by molar-refractivity contribution is 5.95. The third-order valence-electron chi connectivity index (χ3n) is 4.48. The van der Waals surface area contributed by atoms with E-state index in [4.69, 9.17) is 0 Å². The van der Waals surface area contributed by atoms with Crippen molar-refractivity contribution in [2.45, 2.75) is 0 Å². The van der Waals surface area contributed by atoms with E-state index in [1.165, 1.54) is 13.1 Å².